The number of hydrogen-bond acceptors (Lipinski definition) is 3. The van der Waals surface area contributed by atoms with Crippen molar-refractivity contribution in [1.29, 1.82) is 0 Å². The van der Waals surface area contributed by atoms with Gasteiger partial charge in [-0.2, -0.15) is 0 Å². The van der Waals surface area contributed by atoms with E-state index in [2.05, 4.69) is 59.2 Å². The van der Waals surface area contributed by atoms with Crippen molar-refractivity contribution in [1.82, 2.24) is 9.55 Å². The Labute approximate surface area is 127 Å². The van der Waals surface area contributed by atoms with Crippen molar-refractivity contribution in [3.8, 4) is 0 Å². The fraction of sp³-hybridized carbons (Fsp3) is 0.471. The lowest BCUT2D eigenvalue weighted by Crippen LogP contribution is -2.14. The highest BCUT2D eigenvalue weighted by Gasteiger charge is 2.12. The molecule has 1 N–H and O–H groups in total. The number of aryl methyl sites for hydroxylation is 2. The summed E-state index contributed by atoms with van der Waals surface area (Å²) in [4.78, 5) is 4.58. The summed E-state index contributed by atoms with van der Waals surface area (Å²) in [5.74, 6) is 0.906. The first-order chi connectivity index (χ1) is 10.2. The predicted octanol–water partition coefficient (Wildman–Crippen LogP) is 3.57. The first-order valence-electron chi connectivity index (χ1n) is 7.50. The van der Waals surface area contributed by atoms with E-state index in [0.717, 1.165) is 24.6 Å². The summed E-state index contributed by atoms with van der Waals surface area (Å²) >= 11 is 0. The van der Waals surface area contributed by atoms with E-state index in [9.17, 15) is 0 Å². The second-order valence-electron chi connectivity index (χ2n) is 5.39. The molecule has 0 aliphatic heterocycles. The van der Waals surface area contributed by atoms with Crippen molar-refractivity contribution in [3.05, 3.63) is 47.3 Å². The summed E-state index contributed by atoms with van der Waals surface area (Å²) in [6.45, 7) is 7.80. The van der Waals surface area contributed by atoms with Gasteiger partial charge in [0.2, 0.25) is 5.95 Å². The van der Waals surface area contributed by atoms with Crippen LogP contribution in [0.1, 0.15) is 36.7 Å². The molecular formula is C17H25N3O. The standard InChI is InChI=1S/C17H25N3O/c1-5-15-8-6-7-9-16(15)10-18-17-19-13(2)11-20(17)14(3)12-21-4/h6-9,11,14H,5,10,12H2,1-4H3,(H,18,19). The highest BCUT2D eigenvalue weighted by molar-refractivity contribution is 5.34. The van der Waals surface area contributed by atoms with Gasteiger partial charge in [0.25, 0.3) is 0 Å². The second-order valence-corrected chi connectivity index (χ2v) is 5.39. The highest BCUT2D eigenvalue weighted by Crippen LogP contribution is 2.18. The lowest BCUT2D eigenvalue weighted by molar-refractivity contribution is 0.163. The maximum absolute atomic E-state index is 5.25. The number of benzene rings is 1. The minimum absolute atomic E-state index is 0.264. The average Bonchev–Trinajstić information content (AvgIpc) is 2.87. The first-order valence-corrected chi connectivity index (χ1v) is 7.50. The van der Waals surface area contributed by atoms with Gasteiger partial charge >= 0.3 is 0 Å². The Morgan fingerprint density at radius 3 is 2.67 bits per heavy atom. The molecule has 1 unspecified atom stereocenters. The lowest BCUT2D eigenvalue weighted by Gasteiger charge is -2.16. The van der Waals surface area contributed by atoms with Crippen LogP contribution in [-0.4, -0.2) is 23.3 Å². The summed E-state index contributed by atoms with van der Waals surface area (Å²) in [5.41, 5.74) is 3.72. The van der Waals surface area contributed by atoms with E-state index < -0.39 is 0 Å². The average molecular weight is 287 g/mol. The third kappa shape index (κ3) is 3.85. The van der Waals surface area contributed by atoms with Crippen molar-refractivity contribution < 1.29 is 4.74 Å². The molecule has 114 valence electrons. The molecule has 1 aromatic carbocycles. The highest BCUT2D eigenvalue weighted by atomic mass is 16.5. The maximum atomic E-state index is 5.25. The van der Waals surface area contributed by atoms with Crippen molar-refractivity contribution >= 4 is 5.95 Å². The molecule has 2 rings (SSSR count). The number of methoxy groups -OCH3 is 1. The molecule has 0 saturated heterocycles. The number of rotatable bonds is 7. The second kappa shape index (κ2) is 7.27. The first kappa shape index (κ1) is 15.6. The van der Waals surface area contributed by atoms with Crippen molar-refractivity contribution in [2.24, 2.45) is 0 Å². The van der Waals surface area contributed by atoms with Gasteiger partial charge in [-0.05, 0) is 31.4 Å². The van der Waals surface area contributed by atoms with Crippen LogP contribution in [0.2, 0.25) is 0 Å². The fourth-order valence-corrected chi connectivity index (χ4v) is 2.55. The number of nitrogens with zero attached hydrogens (tertiary/aromatic N) is 2. The van der Waals surface area contributed by atoms with Crippen LogP contribution in [0.3, 0.4) is 0 Å². The summed E-state index contributed by atoms with van der Waals surface area (Å²) in [5, 5.41) is 3.46. The Hall–Kier alpha value is -1.81. The summed E-state index contributed by atoms with van der Waals surface area (Å²) < 4.78 is 7.39. The van der Waals surface area contributed by atoms with E-state index in [1.54, 1.807) is 7.11 Å². The van der Waals surface area contributed by atoms with Crippen molar-refractivity contribution in [2.45, 2.75) is 39.8 Å². The van der Waals surface area contributed by atoms with Crippen molar-refractivity contribution in [3.63, 3.8) is 0 Å². The van der Waals surface area contributed by atoms with Gasteiger partial charge in [-0.25, -0.2) is 4.98 Å². The predicted molar refractivity (Wildman–Crippen MR) is 86.7 cm³/mol. The molecule has 0 amide bonds. The molecule has 4 heteroatoms. The molecule has 0 fully saturated rings. The number of ether oxygens (including phenoxy) is 1. The lowest BCUT2D eigenvalue weighted by atomic mass is 10.1. The summed E-state index contributed by atoms with van der Waals surface area (Å²) in [6.07, 6.45) is 3.11. The van der Waals surface area contributed by atoms with Gasteiger partial charge in [0.05, 0.1) is 18.3 Å². The fourth-order valence-electron chi connectivity index (χ4n) is 2.55. The molecule has 1 heterocycles. The van der Waals surface area contributed by atoms with Crippen LogP contribution in [0, 0.1) is 6.92 Å². The van der Waals surface area contributed by atoms with Crippen LogP contribution in [-0.2, 0) is 17.7 Å². The van der Waals surface area contributed by atoms with Gasteiger partial charge < -0.3 is 14.6 Å². The van der Waals surface area contributed by atoms with Crippen LogP contribution < -0.4 is 5.32 Å². The third-order valence-corrected chi connectivity index (χ3v) is 3.67. The van der Waals surface area contributed by atoms with Gasteiger partial charge in [0.15, 0.2) is 0 Å². The minimum Gasteiger partial charge on any atom is -0.383 e. The molecule has 1 atom stereocenters. The Morgan fingerprint density at radius 2 is 2.00 bits per heavy atom. The molecule has 2 aromatic rings. The topological polar surface area (TPSA) is 39.1 Å². The number of anilines is 1. The quantitative estimate of drug-likeness (QED) is 0.846. The molecule has 0 radical (unpaired) electrons. The molecule has 0 aliphatic rings. The van der Waals surface area contributed by atoms with Crippen LogP contribution in [0.5, 0.6) is 0 Å². The smallest absolute Gasteiger partial charge is 0.203 e. The van der Waals surface area contributed by atoms with E-state index in [1.807, 2.05) is 6.92 Å². The van der Waals surface area contributed by atoms with Gasteiger partial charge in [0, 0.05) is 19.9 Å². The van der Waals surface area contributed by atoms with Gasteiger partial charge in [-0.1, -0.05) is 31.2 Å². The minimum atomic E-state index is 0.264. The Morgan fingerprint density at radius 1 is 1.29 bits per heavy atom. The van der Waals surface area contributed by atoms with E-state index in [0.29, 0.717) is 6.61 Å². The molecule has 1 aromatic heterocycles. The zero-order valence-corrected chi connectivity index (χ0v) is 13.4. The Kier molecular flexibility index (Phi) is 5.39. The number of imidazole rings is 1. The molecule has 21 heavy (non-hydrogen) atoms. The van der Waals surface area contributed by atoms with Gasteiger partial charge in [0.1, 0.15) is 0 Å². The number of nitrogens with one attached hydrogen (secondary N) is 1. The Balaban J connectivity index is 2.13. The monoisotopic (exact) mass is 287 g/mol. The maximum Gasteiger partial charge on any atom is 0.203 e. The number of aromatic nitrogens is 2. The van der Waals surface area contributed by atoms with E-state index in [-0.39, 0.29) is 6.04 Å². The molecule has 0 spiro atoms. The van der Waals surface area contributed by atoms with Gasteiger partial charge in [-0.3, -0.25) is 0 Å². The third-order valence-electron chi connectivity index (χ3n) is 3.67. The van der Waals surface area contributed by atoms with E-state index >= 15 is 0 Å². The molecular weight excluding hydrogens is 262 g/mol. The largest absolute Gasteiger partial charge is 0.383 e. The zero-order chi connectivity index (χ0) is 15.2. The molecule has 0 aliphatic carbocycles. The van der Waals surface area contributed by atoms with Crippen LogP contribution in [0.15, 0.2) is 30.5 Å². The number of hydrogen-bond donors (Lipinski definition) is 1. The molecule has 4 nitrogen and oxygen atoms in total. The molecule has 0 saturated carbocycles. The van der Waals surface area contributed by atoms with Crippen LogP contribution in [0.25, 0.3) is 0 Å². The van der Waals surface area contributed by atoms with Crippen LogP contribution >= 0.6 is 0 Å². The van der Waals surface area contributed by atoms with Gasteiger partial charge in [-0.15, -0.1) is 0 Å². The van der Waals surface area contributed by atoms with Crippen LogP contribution in [0.4, 0.5) is 5.95 Å². The summed E-state index contributed by atoms with van der Waals surface area (Å²) in [6, 6.07) is 8.79. The normalized spacial score (nSPS) is 12.4. The van der Waals surface area contributed by atoms with E-state index in [1.165, 1.54) is 11.1 Å². The molecule has 0 bridgehead atoms. The SMILES string of the molecule is CCc1ccccc1CNc1nc(C)cn1C(C)COC. The Bertz CT molecular complexity index is 577. The zero-order valence-electron chi connectivity index (χ0n) is 13.4. The summed E-state index contributed by atoms with van der Waals surface area (Å²) in [7, 11) is 1.73. The van der Waals surface area contributed by atoms with Crippen molar-refractivity contribution in [2.75, 3.05) is 19.0 Å². The van der Waals surface area contributed by atoms with E-state index in [4.69, 9.17) is 4.74 Å².